The SMILES string of the molecule is C.C.CC.CC1=NC(C)CO1.CC1=NOCC1. The molecule has 104 valence electrons. The van der Waals surface area contributed by atoms with E-state index in [0.29, 0.717) is 6.04 Å². The van der Waals surface area contributed by atoms with Crippen molar-refractivity contribution in [3.8, 4) is 0 Å². The van der Waals surface area contributed by atoms with Crippen molar-refractivity contribution in [2.24, 2.45) is 10.1 Å². The first-order valence-corrected chi connectivity index (χ1v) is 5.51. The quantitative estimate of drug-likeness (QED) is 0.650. The molecule has 0 aromatic rings. The summed E-state index contributed by atoms with van der Waals surface area (Å²) < 4.78 is 5.02. The van der Waals surface area contributed by atoms with Crippen molar-refractivity contribution in [1.29, 1.82) is 0 Å². The Morgan fingerprint density at radius 3 is 1.88 bits per heavy atom. The lowest BCUT2D eigenvalue weighted by Crippen LogP contribution is -1.97. The molecule has 1 atom stereocenters. The number of rotatable bonds is 0. The Balaban J connectivity index is -0.000000184. The number of hydrogen-bond acceptors (Lipinski definition) is 4. The smallest absolute Gasteiger partial charge is 0.180 e. The van der Waals surface area contributed by atoms with Crippen LogP contribution in [0.3, 0.4) is 0 Å². The fourth-order valence-corrected chi connectivity index (χ4v) is 1.02. The van der Waals surface area contributed by atoms with Gasteiger partial charge in [0.1, 0.15) is 13.2 Å². The maximum Gasteiger partial charge on any atom is 0.180 e. The molecule has 0 amide bonds. The summed E-state index contributed by atoms with van der Waals surface area (Å²) >= 11 is 0. The van der Waals surface area contributed by atoms with E-state index in [4.69, 9.17) is 4.74 Å². The molecule has 2 aliphatic heterocycles. The minimum absolute atomic E-state index is 0. The summed E-state index contributed by atoms with van der Waals surface area (Å²) in [6, 6.07) is 0.389. The highest BCUT2D eigenvalue weighted by molar-refractivity contribution is 5.82. The first-order chi connectivity index (χ1) is 7.18. The minimum Gasteiger partial charge on any atom is -0.479 e. The van der Waals surface area contributed by atoms with E-state index in [1.165, 1.54) is 0 Å². The van der Waals surface area contributed by atoms with E-state index in [1.54, 1.807) is 0 Å². The van der Waals surface area contributed by atoms with Gasteiger partial charge in [-0.15, -0.1) is 0 Å². The molecule has 0 bridgehead atoms. The van der Waals surface area contributed by atoms with Gasteiger partial charge < -0.3 is 9.57 Å². The largest absolute Gasteiger partial charge is 0.479 e. The van der Waals surface area contributed by atoms with E-state index in [9.17, 15) is 0 Å². The van der Waals surface area contributed by atoms with Crippen molar-refractivity contribution in [2.45, 2.75) is 61.9 Å². The summed E-state index contributed by atoms with van der Waals surface area (Å²) in [5.74, 6) is 0.826. The topological polar surface area (TPSA) is 43.2 Å². The van der Waals surface area contributed by atoms with Gasteiger partial charge in [-0.25, -0.2) is 4.99 Å². The molecule has 4 nitrogen and oxygen atoms in total. The van der Waals surface area contributed by atoms with Crippen molar-refractivity contribution < 1.29 is 9.57 Å². The highest BCUT2D eigenvalue weighted by Gasteiger charge is 2.07. The van der Waals surface area contributed by atoms with Crippen LogP contribution in [0.4, 0.5) is 0 Å². The number of ether oxygens (including phenoxy) is 1. The molecule has 2 aliphatic rings. The van der Waals surface area contributed by atoms with Crippen LogP contribution in [0.15, 0.2) is 10.1 Å². The van der Waals surface area contributed by atoms with E-state index >= 15 is 0 Å². The Morgan fingerprint density at radius 2 is 1.76 bits per heavy atom. The zero-order valence-electron chi connectivity index (χ0n) is 10.4. The van der Waals surface area contributed by atoms with Crippen molar-refractivity contribution >= 4 is 11.6 Å². The first-order valence-electron chi connectivity index (χ1n) is 5.51. The Morgan fingerprint density at radius 1 is 1.18 bits per heavy atom. The number of oxime groups is 1. The monoisotopic (exact) mass is 246 g/mol. The minimum atomic E-state index is 0. The van der Waals surface area contributed by atoms with Gasteiger partial charge in [0.25, 0.3) is 0 Å². The van der Waals surface area contributed by atoms with Crippen molar-refractivity contribution in [1.82, 2.24) is 0 Å². The molecule has 0 N–H and O–H groups in total. The van der Waals surface area contributed by atoms with Crippen LogP contribution >= 0.6 is 0 Å². The van der Waals surface area contributed by atoms with Crippen LogP contribution in [0.25, 0.3) is 0 Å². The second kappa shape index (κ2) is 13.0. The Labute approximate surface area is 107 Å². The molecule has 0 aliphatic carbocycles. The van der Waals surface area contributed by atoms with Crippen LogP contribution in [-0.2, 0) is 9.57 Å². The van der Waals surface area contributed by atoms with Crippen LogP contribution in [0.1, 0.15) is 55.9 Å². The molecule has 4 heteroatoms. The molecule has 0 fully saturated rings. The van der Waals surface area contributed by atoms with E-state index in [2.05, 4.69) is 15.0 Å². The lowest BCUT2D eigenvalue weighted by molar-refractivity contribution is 0.173. The average Bonchev–Trinajstić information content (AvgIpc) is 2.82. The molecule has 0 aromatic carbocycles. The third-order valence-electron chi connectivity index (χ3n) is 1.71. The van der Waals surface area contributed by atoms with E-state index in [-0.39, 0.29) is 14.9 Å². The lowest BCUT2D eigenvalue weighted by atomic mass is 10.3. The molecule has 0 spiro atoms. The third-order valence-corrected chi connectivity index (χ3v) is 1.71. The number of hydrogen-bond donors (Lipinski definition) is 0. The molecule has 2 heterocycles. The zero-order chi connectivity index (χ0) is 11.7. The predicted octanol–water partition coefficient (Wildman–Crippen LogP) is 3.90. The van der Waals surface area contributed by atoms with Gasteiger partial charge in [-0.05, 0) is 13.8 Å². The predicted molar refractivity (Wildman–Crippen MR) is 77.0 cm³/mol. The lowest BCUT2D eigenvalue weighted by Gasteiger charge is -1.90. The average molecular weight is 246 g/mol. The summed E-state index contributed by atoms with van der Waals surface area (Å²) in [6.07, 6.45) is 1.01. The summed E-state index contributed by atoms with van der Waals surface area (Å²) in [6.45, 7) is 11.4. The summed E-state index contributed by atoms with van der Waals surface area (Å²) in [5, 5.41) is 3.65. The maximum atomic E-state index is 5.02. The van der Waals surface area contributed by atoms with Gasteiger partial charge in [-0.3, -0.25) is 0 Å². The molecule has 17 heavy (non-hydrogen) atoms. The zero-order valence-corrected chi connectivity index (χ0v) is 10.4. The Hall–Kier alpha value is -1.06. The molecule has 1 unspecified atom stereocenters. The van der Waals surface area contributed by atoms with Gasteiger partial charge in [0.05, 0.1) is 11.8 Å². The molecular formula is C13H30N2O2. The molecule has 0 saturated carbocycles. The summed E-state index contributed by atoms with van der Waals surface area (Å²) in [5.41, 5.74) is 1.11. The van der Waals surface area contributed by atoms with Crippen molar-refractivity contribution in [3.63, 3.8) is 0 Å². The van der Waals surface area contributed by atoms with Gasteiger partial charge in [-0.2, -0.15) is 0 Å². The first kappa shape index (κ1) is 21.2. The Bertz CT molecular complexity index is 225. The van der Waals surface area contributed by atoms with Crippen LogP contribution in [0, 0.1) is 0 Å². The van der Waals surface area contributed by atoms with Gasteiger partial charge in [0, 0.05) is 13.3 Å². The highest BCUT2D eigenvalue weighted by atomic mass is 16.6. The Kier molecular flexibility index (Phi) is 16.3. The third kappa shape index (κ3) is 11.2. The van der Waals surface area contributed by atoms with Crippen molar-refractivity contribution in [2.75, 3.05) is 13.2 Å². The molecule has 0 saturated heterocycles. The molecule has 0 aromatic heterocycles. The normalized spacial score (nSPS) is 19.5. The maximum absolute atomic E-state index is 5.02. The molecular weight excluding hydrogens is 216 g/mol. The van der Waals surface area contributed by atoms with E-state index in [0.717, 1.165) is 31.2 Å². The number of nitrogens with zero attached hydrogens (tertiary/aromatic N) is 2. The van der Waals surface area contributed by atoms with Gasteiger partial charge in [0.15, 0.2) is 5.90 Å². The highest BCUT2D eigenvalue weighted by Crippen LogP contribution is 2.00. The van der Waals surface area contributed by atoms with Crippen LogP contribution in [0.5, 0.6) is 0 Å². The van der Waals surface area contributed by atoms with Gasteiger partial charge >= 0.3 is 0 Å². The summed E-state index contributed by atoms with van der Waals surface area (Å²) in [7, 11) is 0. The van der Waals surface area contributed by atoms with Crippen LogP contribution in [-0.4, -0.2) is 30.9 Å². The number of aliphatic imine (C=N–C) groups is 1. The van der Waals surface area contributed by atoms with Gasteiger partial charge in [-0.1, -0.05) is 33.9 Å². The van der Waals surface area contributed by atoms with Gasteiger partial charge in [0.2, 0.25) is 0 Å². The van der Waals surface area contributed by atoms with E-state index in [1.807, 2.05) is 34.6 Å². The fraction of sp³-hybridized carbons (Fsp3) is 0.846. The second-order valence-electron chi connectivity index (χ2n) is 3.22. The fourth-order valence-electron chi connectivity index (χ4n) is 1.02. The van der Waals surface area contributed by atoms with E-state index < -0.39 is 0 Å². The standard InChI is InChI=1S/C5H9NO.C4H7NO.C2H6.2CH4/c1-4-3-7-5(2)6-4;1-4-2-3-6-5-4;1-2;;/h4H,3H2,1-2H3;2-3H2,1H3;1-2H3;2*1H4. The molecule has 2 rings (SSSR count). The molecule has 0 radical (unpaired) electrons. The summed E-state index contributed by atoms with van der Waals surface area (Å²) in [4.78, 5) is 8.73. The van der Waals surface area contributed by atoms with Crippen LogP contribution < -0.4 is 0 Å². The second-order valence-corrected chi connectivity index (χ2v) is 3.22. The van der Waals surface area contributed by atoms with Crippen LogP contribution in [0.2, 0.25) is 0 Å². The van der Waals surface area contributed by atoms with Crippen molar-refractivity contribution in [3.05, 3.63) is 0 Å².